The molecule has 1 aromatic carbocycles. The molecular weight excluding hydrogens is 362 g/mol. The Hall–Kier alpha value is -0.710. The number of benzene rings is 1. The lowest BCUT2D eigenvalue weighted by molar-refractivity contribution is 0.182. The molecule has 0 bridgehead atoms. The summed E-state index contributed by atoms with van der Waals surface area (Å²) in [4.78, 5) is 4.68. The summed E-state index contributed by atoms with van der Waals surface area (Å²) in [5, 5.41) is 0.768. The second kappa shape index (κ2) is 10.0. The van der Waals surface area contributed by atoms with Gasteiger partial charge in [0.25, 0.3) is 0 Å². The van der Waals surface area contributed by atoms with Crippen LogP contribution in [0, 0.1) is 6.92 Å². The van der Waals surface area contributed by atoms with Crippen LogP contribution in [-0.4, -0.2) is 34.1 Å². The molecule has 2 aliphatic carbocycles. The molecule has 0 saturated heterocycles. The molecule has 0 atom stereocenters. The molecule has 5 heteroatoms. The average molecular weight is 394 g/mol. The molecule has 0 heterocycles. The normalized spacial score (nSPS) is 20.2. The second-order valence-electron chi connectivity index (χ2n) is 7.75. The second-order valence-corrected chi connectivity index (χ2v) is 9.34. The molecule has 0 unspecified atom stereocenters. The van der Waals surface area contributed by atoms with Crippen LogP contribution in [0.25, 0.3) is 0 Å². The summed E-state index contributed by atoms with van der Waals surface area (Å²) in [5.74, 6) is 0. The van der Waals surface area contributed by atoms with E-state index >= 15 is 0 Å². The fraction of sp³-hybridized carbons (Fsp3) is 0.667. The lowest BCUT2D eigenvalue weighted by Gasteiger charge is -2.41. The zero-order chi connectivity index (χ0) is 18.4. The van der Waals surface area contributed by atoms with Crippen molar-refractivity contribution in [2.24, 2.45) is 4.99 Å². The van der Waals surface area contributed by atoms with E-state index in [1.165, 1.54) is 64.2 Å². The SMILES string of the molecule is Cc1cc(Cl)ccc1/N=C/N(C)SN(C1CCCCC1)C1CCCCC1. The number of hydrogen-bond donors (Lipinski definition) is 0. The lowest BCUT2D eigenvalue weighted by atomic mass is 9.91. The molecule has 0 spiro atoms. The van der Waals surface area contributed by atoms with Crippen molar-refractivity contribution in [3.63, 3.8) is 0 Å². The first-order valence-electron chi connectivity index (χ1n) is 10.1. The van der Waals surface area contributed by atoms with Crippen LogP contribution in [0.5, 0.6) is 0 Å². The highest BCUT2D eigenvalue weighted by Gasteiger charge is 2.30. The third-order valence-electron chi connectivity index (χ3n) is 5.61. The van der Waals surface area contributed by atoms with Crippen LogP contribution < -0.4 is 0 Å². The van der Waals surface area contributed by atoms with E-state index in [2.05, 4.69) is 27.6 Å². The molecule has 3 rings (SSSR count). The highest BCUT2D eigenvalue weighted by molar-refractivity contribution is 7.95. The summed E-state index contributed by atoms with van der Waals surface area (Å²) in [7, 11) is 2.12. The van der Waals surface area contributed by atoms with Gasteiger partial charge in [-0.15, -0.1) is 0 Å². The molecule has 144 valence electrons. The number of rotatable bonds is 6. The molecular formula is C21H32ClN3S. The van der Waals surface area contributed by atoms with Crippen LogP contribution in [0.3, 0.4) is 0 Å². The van der Waals surface area contributed by atoms with Crippen molar-refractivity contribution in [3.05, 3.63) is 28.8 Å². The Labute approximate surface area is 168 Å². The van der Waals surface area contributed by atoms with Gasteiger partial charge in [0.05, 0.1) is 5.69 Å². The van der Waals surface area contributed by atoms with Gasteiger partial charge in [0, 0.05) is 36.3 Å². The first kappa shape index (κ1) is 20.0. The Bertz CT molecular complexity index is 577. The standard InChI is InChI=1S/C21H32ClN3S/c1-17-15-18(22)13-14-21(17)23-16-24(2)26-25(19-9-5-3-6-10-19)20-11-7-4-8-12-20/h13-16,19-20H,3-12H2,1-2H3/b23-16+. The van der Waals surface area contributed by atoms with Crippen molar-refractivity contribution in [1.29, 1.82) is 0 Å². The molecule has 0 aromatic heterocycles. The van der Waals surface area contributed by atoms with Gasteiger partial charge in [-0.25, -0.2) is 9.30 Å². The molecule has 0 radical (unpaired) electrons. The first-order valence-corrected chi connectivity index (χ1v) is 11.2. The van der Waals surface area contributed by atoms with E-state index in [1.807, 2.05) is 36.7 Å². The van der Waals surface area contributed by atoms with E-state index in [0.29, 0.717) is 0 Å². The number of halogens is 1. The minimum absolute atomic E-state index is 0.727. The maximum absolute atomic E-state index is 6.05. The smallest absolute Gasteiger partial charge is 0.102 e. The van der Waals surface area contributed by atoms with E-state index < -0.39 is 0 Å². The molecule has 2 aliphatic rings. The van der Waals surface area contributed by atoms with Crippen LogP contribution in [0.15, 0.2) is 23.2 Å². The molecule has 26 heavy (non-hydrogen) atoms. The topological polar surface area (TPSA) is 18.8 Å². The summed E-state index contributed by atoms with van der Waals surface area (Å²) >= 11 is 7.92. The molecule has 2 fully saturated rings. The Kier molecular flexibility index (Phi) is 7.71. The lowest BCUT2D eigenvalue weighted by Crippen LogP contribution is -2.42. The van der Waals surface area contributed by atoms with Gasteiger partial charge in [-0.3, -0.25) is 4.31 Å². The number of hydrogen-bond acceptors (Lipinski definition) is 3. The monoisotopic (exact) mass is 393 g/mol. The van der Waals surface area contributed by atoms with Crippen LogP contribution in [0.2, 0.25) is 5.02 Å². The predicted octanol–water partition coefficient (Wildman–Crippen LogP) is 6.77. The zero-order valence-corrected chi connectivity index (χ0v) is 17.7. The fourth-order valence-corrected chi connectivity index (χ4v) is 5.48. The zero-order valence-electron chi connectivity index (χ0n) is 16.2. The van der Waals surface area contributed by atoms with Crippen molar-refractivity contribution in [3.8, 4) is 0 Å². The number of nitrogens with zero attached hydrogens (tertiary/aromatic N) is 3. The van der Waals surface area contributed by atoms with Crippen molar-refractivity contribution in [2.45, 2.75) is 83.2 Å². The van der Waals surface area contributed by atoms with Gasteiger partial charge in [-0.2, -0.15) is 0 Å². The van der Waals surface area contributed by atoms with Crippen LogP contribution in [-0.2, 0) is 0 Å². The summed E-state index contributed by atoms with van der Waals surface area (Å²) in [5.41, 5.74) is 2.10. The first-order chi connectivity index (χ1) is 12.6. The summed E-state index contributed by atoms with van der Waals surface area (Å²) in [6.07, 6.45) is 15.7. The minimum atomic E-state index is 0.727. The maximum Gasteiger partial charge on any atom is 0.102 e. The third-order valence-corrected chi connectivity index (χ3v) is 6.98. The Morgan fingerprint density at radius 2 is 1.58 bits per heavy atom. The van der Waals surface area contributed by atoms with Gasteiger partial charge in [0.1, 0.15) is 6.34 Å². The summed E-state index contributed by atoms with van der Waals surface area (Å²) in [6.45, 7) is 2.06. The van der Waals surface area contributed by atoms with E-state index in [4.69, 9.17) is 11.6 Å². The van der Waals surface area contributed by atoms with E-state index in [-0.39, 0.29) is 0 Å². The largest absolute Gasteiger partial charge is 0.297 e. The average Bonchev–Trinajstić information content (AvgIpc) is 2.67. The molecule has 3 nitrogen and oxygen atoms in total. The minimum Gasteiger partial charge on any atom is -0.297 e. The van der Waals surface area contributed by atoms with E-state index in [9.17, 15) is 0 Å². The number of aliphatic imine (C=N–C) groups is 1. The van der Waals surface area contributed by atoms with Gasteiger partial charge in [-0.1, -0.05) is 50.1 Å². The predicted molar refractivity (Wildman–Crippen MR) is 115 cm³/mol. The highest BCUT2D eigenvalue weighted by Crippen LogP contribution is 2.35. The highest BCUT2D eigenvalue weighted by atomic mass is 35.5. The quantitative estimate of drug-likeness (QED) is 0.302. The Morgan fingerprint density at radius 3 is 2.12 bits per heavy atom. The Morgan fingerprint density at radius 1 is 1.00 bits per heavy atom. The van der Waals surface area contributed by atoms with Crippen molar-refractivity contribution in [1.82, 2.24) is 8.61 Å². The van der Waals surface area contributed by atoms with Crippen molar-refractivity contribution < 1.29 is 0 Å². The molecule has 2 saturated carbocycles. The molecule has 0 aliphatic heterocycles. The van der Waals surface area contributed by atoms with Gasteiger partial charge in [0.2, 0.25) is 0 Å². The maximum atomic E-state index is 6.05. The van der Waals surface area contributed by atoms with Crippen LogP contribution in [0.1, 0.15) is 69.8 Å². The molecule has 1 aromatic rings. The van der Waals surface area contributed by atoms with Crippen molar-refractivity contribution in [2.75, 3.05) is 7.05 Å². The van der Waals surface area contributed by atoms with Gasteiger partial charge in [0.15, 0.2) is 0 Å². The third kappa shape index (κ3) is 5.64. The number of aryl methyl sites for hydroxylation is 1. The Balaban J connectivity index is 1.65. The van der Waals surface area contributed by atoms with Crippen LogP contribution in [0.4, 0.5) is 5.69 Å². The fourth-order valence-electron chi connectivity index (χ4n) is 4.18. The van der Waals surface area contributed by atoms with Gasteiger partial charge < -0.3 is 0 Å². The molecule has 0 N–H and O–H groups in total. The summed E-state index contributed by atoms with van der Waals surface area (Å²) < 4.78 is 4.90. The van der Waals surface area contributed by atoms with E-state index in [0.717, 1.165) is 28.4 Å². The summed E-state index contributed by atoms with van der Waals surface area (Å²) in [6, 6.07) is 7.32. The van der Waals surface area contributed by atoms with Gasteiger partial charge >= 0.3 is 0 Å². The molecule has 0 amide bonds. The van der Waals surface area contributed by atoms with Crippen LogP contribution >= 0.6 is 23.7 Å². The van der Waals surface area contributed by atoms with Gasteiger partial charge in [-0.05, 0) is 56.4 Å². The van der Waals surface area contributed by atoms with E-state index in [1.54, 1.807) is 0 Å². The van der Waals surface area contributed by atoms with Crippen molar-refractivity contribution >= 4 is 35.8 Å².